The maximum absolute atomic E-state index is 12.6. The molecule has 0 unspecified atom stereocenters. The molecule has 0 atom stereocenters. The van der Waals surface area contributed by atoms with E-state index in [4.69, 9.17) is 0 Å². The Morgan fingerprint density at radius 3 is 2.26 bits per heavy atom. The minimum atomic E-state index is -3.46. The van der Waals surface area contributed by atoms with Crippen LogP contribution in [0.25, 0.3) is 0 Å². The van der Waals surface area contributed by atoms with E-state index in [0.717, 1.165) is 64.0 Å². The molecule has 0 aromatic heterocycles. The van der Waals surface area contributed by atoms with Gasteiger partial charge in [-0.1, -0.05) is 26.2 Å². The third kappa shape index (κ3) is 5.23. The van der Waals surface area contributed by atoms with E-state index in [0.29, 0.717) is 11.3 Å². The molecule has 0 radical (unpaired) electrons. The van der Waals surface area contributed by atoms with Gasteiger partial charge in [-0.15, -0.1) is 0 Å². The lowest BCUT2D eigenvalue weighted by atomic mass is 9.96. The standard InChI is InChI=1S/C20H31N3O3S/c1-2-6-20(24)23-15-13-22(14-16-23)18-9-11-19(12-10-18)27(25,26)21-17-7-4-3-5-8-17/h9-12,17,21H,2-8,13-16H2,1H3. The monoisotopic (exact) mass is 393 g/mol. The maximum atomic E-state index is 12.6. The molecule has 1 aromatic carbocycles. The van der Waals surface area contributed by atoms with Crippen LogP contribution in [0.4, 0.5) is 5.69 Å². The molecule has 1 N–H and O–H groups in total. The smallest absolute Gasteiger partial charge is 0.240 e. The zero-order chi connectivity index (χ0) is 19.3. The van der Waals surface area contributed by atoms with Crippen molar-refractivity contribution < 1.29 is 13.2 Å². The molecule has 27 heavy (non-hydrogen) atoms. The number of amides is 1. The number of sulfonamides is 1. The molecule has 1 saturated heterocycles. The van der Waals surface area contributed by atoms with Gasteiger partial charge < -0.3 is 9.80 Å². The highest BCUT2D eigenvalue weighted by molar-refractivity contribution is 7.89. The highest BCUT2D eigenvalue weighted by atomic mass is 32.2. The SMILES string of the molecule is CCCC(=O)N1CCN(c2ccc(S(=O)(=O)NC3CCCCC3)cc2)CC1. The summed E-state index contributed by atoms with van der Waals surface area (Å²) in [6.45, 7) is 5.03. The van der Waals surface area contributed by atoms with Crippen LogP contribution in [0.2, 0.25) is 0 Å². The van der Waals surface area contributed by atoms with Gasteiger partial charge in [0.2, 0.25) is 15.9 Å². The number of hydrogen-bond acceptors (Lipinski definition) is 4. The van der Waals surface area contributed by atoms with Gasteiger partial charge in [-0.3, -0.25) is 4.79 Å². The molecule has 1 aromatic rings. The summed E-state index contributed by atoms with van der Waals surface area (Å²) in [6.07, 6.45) is 6.74. The predicted molar refractivity (Wildman–Crippen MR) is 107 cm³/mol. The average Bonchev–Trinajstić information content (AvgIpc) is 2.69. The Labute approximate surface area is 163 Å². The Hall–Kier alpha value is -1.60. The van der Waals surface area contributed by atoms with Gasteiger partial charge in [-0.2, -0.15) is 0 Å². The molecule has 0 bridgehead atoms. The van der Waals surface area contributed by atoms with Crippen molar-refractivity contribution in [2.24, 2.45) is 0 Å². The van der Waals surface area contributed by atoms with Crippen LogP contribution in [0.15, 0.2) is 29.2 Å². The van der Waals surface area contributed by atoms with E-state index < -0.39 is 10.0 Å². The number of piperazine rings is 1. The van der Waals surface area contributed by atoms with E-state index in [9.17, 15) is 13.2 Å². The summed E-state index contributed by atoms with van der Waals surface area (Å²) in [5.74, 6) is 0.229. The molecule has 1 aliphatic heterocycles. The van der Waals surface area contributed by atoms with Gasteiger partial charge in [0.1, 0.15) is 0 Å². The third-order valence-electron chi connectivity index (χ3n) is 5.54. The van der Waals surface area contributed by atoms with E-state index in [1.165, 1.54) is 6.42 Å². The van der Waals surface area contributed by atoms with Gasteiger partial charge in [0.25, 0.3) is 0 Å². The molecule has 1 saturated carbocycles. The van der Waals surface area contributed by atoms with Crippen molar-refractivity contribution in [3.8, 4) is 0 Å². The number of hydrogen-bond donors (Lipinski definition) is 1. The number of carbonyl (C=O) groups is 1. The van der Waals surface area contributed by atoms with E-state index in [1.807, 2.05) is 24.0 Å². The zero-order valence-electron chi connectivity index (χ0n) is 16.2. The molecule has 7 heteroatoms. The zero-order valence-corrected chi connectivity index (χ0v) is 17.0. The van der Waals surface area contributed by atoms with E-state index in [-0.39, 0.29) is 11.9 Å². The Morgan fingerprint density at radius 2 is 1.67 bits per heavy atom. The lowest BCUT2D eigenvalue weighted by Crippen LogP contribution is -2.48. The second-order valence-corrected chi connectivity index (χ2v) is 9.28. The number of nitrogens with zero attached hydrogens (tertiary/aromatic N) is 2. The van der Waals surface area contributed by atoms with Crippen LogP contribution in [0.3, 0.4) is 0 Å². The first kappa shape index (κ1) is 20.1. The molecule has 2 aliphatic rings. The Morgan fingerprint density at radius 1 is 1.04 bits per heavy atom. The number of anilines is 1. The molecule has 6 nitrogen and oxygen atoms in total. The fraction of sp³-hybridized carbons (Fsp3) is 0.650. The number of carbonyl (C=O) groups excluding carboxylic acids is 1. The maximum Gasteiger partial charge on any atom is 0.240 e. The Kier molecular flexibility index (Phi) is 6.76. The van der Waals surface area contributed by atoms with Crippen LogP contribution < -0.4 is 9.62 Å². The fourth-order valence-electron chi connectivity index (χ4n) is 3.93. The van der Waals surface area contributed by atoms with Crippen molar-refractivity contribution in [2.45, 2.75) is 62.8 Å². The average molecular weight is 394 g/mol. The van der Waals surface area contributed by atoms with Gasteiger partial charge in [-0.25, -0.2) is 13.1 Å². The van der Waals surface area contributed by atoms with Crippen LogP contribution in [0, 0.1) is 0 Å². The molecule has 0 spiro atoms. The van der Waals surface area contributed by atoms with Gasteiger partial charge in [0.15, 0.2) is 0 Å². The van der Waals surface area contributed by atoms with Crippen molar-refractivity contribution in [2.75, 3.05) is 31.1 Å². The highest BCUT2D eigenvalue weighted by Crippen LogP contribution is 2.22. The summed E-state index contributed by atoms with van der Waals surface area (Å²) < 4.78 is 28.1. The van der Waals surface area contributed by atoms with Crippen LogP contribution in [-0.4, -0.2) is 51.4 Å². The van der Waals surface area contributed by atoms with Crippen molar-refractivity contribution in [3.63, 3.8) is 0 Å². The second kappa shape index (κ2) is 9.06. The Balaban J connectivity index is 1.58. The minimum absolute atomic E-state index is 0.0668. The first-order valence-corrected chi connectivity index (χ1v) is 11.6. The van der Waals surface area contributed by atoms with E-state index >= 15 is 0 Å². The normalized spacial score (nSPS) is 19.3. The van der Waals surface area contributed by atoms with Crippen LogP contribution in [-0.2, 0) is 14.8 Å². The van der Waals surface area contributed by atoms with Crippen molar-refractivity contribution >= 4 is 21.6 Å². The molecule has 1 heterocycles. The quantitative estimate of drug-likeness (QED) is 0.807. The lowest BCUT2D eigenvalue weighted by molar-refractivity contribution is -0.131. The van der Waals surface area contributed by atoms with Gasteiger partial charge in [0, 0.05) is 44.3 Å². The number of benzene rings is 1. The van der Waals surface area contributed by atoms with Crippen molar-refractivity contribution in [1.29, 1.82) is 0 Å². The van der Waals surface area contributed by atoms with Crippen LogP contribution >= 0.6 is 0 Å². The third-order valence-corrected chi connectivity index (χ3v) is 7.07. The summed E-state index contributed by atoms with van der Waals surface area (Å²) in [5, 5.41) is 0. The van der Waals surface area contributed by atoms with Gasteiger partial charge >= 0.3 is 0 Å². The topological polar surface area (TPSA) is 69.7 Å². The summed E-state index contributed by atoms with van der Waals surface area (Å²) in [6, 6.07) is 7.19. The summed E-state index contributed by atoms with van der Waals surface area (Å²) >= 11 is 0. The van der Waals surface area contributed by atoms with Crippen molar-refractivity contribution in [3.05, 3.63) is 24.3 Å². The van der Waals surface area contributed by atoms with Crippen LogP contribution in [0.1, 0.15) is 51.9 Å². The lowest BCUT2D eigenvalue weighted by Gasteiger charge is -2.36. The summed E-state index contributed by atoms with van der Waals surface area (Å²) in [4.78, 5) is 16.5. The molecular formula is C20H31N3O3S. The molecule has 3 rings (SSSR count). The Bertz CT molecular complexity index is 719. The highest BCUT2D eigenvalue weighted by Gasteiger charge is 2.23. The van der Waals surface area contributed by atoms with Crippen molar-refractivity contribution in [1.82, 2.24) is 9.62 Å². The van der Waals surface area contributed by atoms with Gasteiger partial charge in [-0.05, 0) is 43.5 Å². The predicted octanol–water partition coefficient (Wildman–Crippen LogP) is 2.75. The van der Waals surface area contributed by atoms with Crippen LogP contribution in [0.5, 0.6) is 0 Å². The van der Waals surface area contributed by atoms with E-state index in [2.05, 4.69) is 9.62 Å². The summed E-state index contributed by atoms with van der Waals surface area (Å²) in [7, 11) is -3.46. The molecule has 150 valence electrons. The molecule has 2 fully saturated rings. The number of nitrogens with one attached hydrogen (secondary N) is 1. The summed E-state index contributed by atoms with van der Waals surface area (Å²) in [5.41, 5.74) is 1.01. The fourth-order valence-corrected chi connectivity index (χ4v) is 5.24. The minimum Gasteiger partial charge on any atom is -0.368 e. The van der Waals surface area contributed by atoms with Gasteiger partial charge in [0.05, 0.1) is 4.90 Å². The largest absolute Gasteiger partial charge is 0.368 e. The first-order valence-electron chi connectivity index (χ1n) is 10.1. The molecule has 1 aliphatic carbocycles. The number of rotatable bonds is 6. The molecular weight excluding hydrogens is 362 g/mol. The first-order chi connectivity index (χ1) is 13.0. The second-order valence-electron chi connectivity index (χ2n) is 7.57. The van der Waals surface area contributed by atoms with E-state index in [1.54, 1.807) is 12.1 Å². The molecule has 1 amide bonds.